The fourth-order valence-electron chi connectivity index (χ4n) is 1.58. The zero-order chi connectivity index (χ0) is 16.9. The maximum absolute atomic E-state index is 12.3. The minimum atomic E-state index is -4.37. The summed E-state index contributed by atoms with van der Waals surface area (Å²) in [5.41, 5.74) is 0. The molecule has 0 aliphatic carbocycles. The molecule has 0 aromatic rings. The Morgan fingerprint density at radius 3 is 1.19 bits per heavy atom. The van der Waals surface area contributed by atoms with E-state index >= 15 is 0 Å². The van der Waals surface area contributed by atoms with E-state index < -0.39 is 42.3 Å². The minimum Gasteiger partial charge on any atom is -0.415 e. The van der Waals surface area contributed by atoms with Gasteiger partial charge in [-0.1, -0.05) is 0 Å². The van der Waals surface area contributed by atoms with E-state index in [-0.39, 0.29) is 12.1 Å². The highest BCUT2D eigenvalue weighted by molar-refractivity contribution is 6.80. The van der Waals surface area contributed by atoms with Crippen molar-refractivity contribution in [2.75, 3.05) is 14.2 Å². The van der Waals surface area contributed by atoms with Crippen LogP contribution in [0, 0.1) is 0 Å². The molecule has 0 saturated carbocycles. The molecular weight excluding hydrogens is 338 g/mol. The first-order valence-corrected chi connectivity index (χ1v) is 11.2. The molecule has 2 unspecified atom stereocenters. The first kappa shape index (κ1) is 20.9. The normalized spacial score (nSPS) is 19.1. The van der Waals surface area contributed by atoms with Crippen LogP contribution >= 0.6 is 0 Å². The number of hydrogen-bond acceptors (Lipinski definition) is 3. The van der Waals surface area contributed by atoms with Crippen molar-refractivity contribution in [3.8, 4) is 0 Å². The van der Waals surface area contributed by atoms with Crippen LogP contribution in [-0.4, -0.2) is 43.7 Å². The fraction of sp³-hybridized carbons (Fsp3) is 1.00. The van der Waals surface area contributed by atoms with Crippen LogP contribution in [-0.2, 0) is 13.0 Å². The van der Waals surface area contributed by atoms with Crippen LogP contribution in [0.3, 0.4) is 0 Å². The Balaban J connectivity index is 4.79. The molecule has 0 aromatic carbocycles. The highest BCUT2D eigenvalue weighted by Crippen LogP contribution is 2.32. The highest BCUT2D eigenvalue weighted by Gasteiger charge is 2.45. The minimum absolute atomic E-state index is 0.384. The maximum Gasteiger partial charge on any atom is 0.389 e. The van der Waals surface area contributed by atoms with Crippen molar-refractivity contribution in [2.24, 2.45) is 0 Å². The number of hydrogen-bond donors (Lipinski definition) is 0. The molecule has 0 bridgehead atoms. The molecule has 0 radical (unpaired) electrons. The van der Waals surface area contributed by atoms with Gasteiger partial charge < -0.3 is 13.0 Å². The van der Waals surface area contributed by atoms with E-state index in [4.69, 9.17) is 13.0 Å². The van der Waals surface area contributed by atoms with E-state index in [0.29, 0.717) is 0 Å². The smallest absolute Gasteiger partial charge is 0.389 e. The van der Waals surface area contributed by atoms with Crippen molar-refractivity contribution in [2.45, 2.75) is 50.4 Å². The van der Waals surface area contributed by atoms with Gasteiger partial charge in [0.2, 0.25) is 0 Å². The molecule has 0 rings (SSSR count). The molecule has 0 aromatic heterocycles. The molecule has 0 fully saturated rings. The summed E-state index contributed by atoms with van der Waals surface area (Å²) >= 11 is 0. The lowest BCUT2D eigenvalue weighted by molar-refractivity contribution is -0.131. The molecule has 0 amide bonds. The summed E-state index contributed by atoms with van der Waals surface area (Å²) in [6, 6.07) is -0.768. The first-order chi connectivity index (χ1) is 9.24. The second-order valence-corrected chi connectivity index (χ2v) is 12.2. The quantitative estimate of drug-likeness (QED) is 0.477. The molecule has 0 heterocycles. The standard InChI is InChI=1S/C10H20F6O3Si2/c1-17-20(3,7-5-9(11,12)13)19-21(4,18-2)8-6-10(14,15)16/h5-8H2,1-4H3. The summed E-state index contributed by atoms with van der Waals surface area (Å²) in [7, 11) is -4.06. The molecule has 2 atom stereocenters. The number of rotatable bonds is 8. The third kappa shape index (κ3) is 9.50. The number of alkyl halides is 6. The van der Waals surface area contributed by atoms with E-state index in [1.807, 2.05) is 0 Å². The zero-order valence-corrected chi connectivity index (χ0v) is 14.3. The molecule has 0 spiro atoms. The summed E-state index contributed by atoms with van der Waals surface area (Å²) in [5, 5.41) is 0. The molecule has 11 heteroatoms. The van der Waals surface area contributed by atoms with Gasteiger partial charge in [0, 0.05) is 27.1 Å². The van der Waals surface area contributed by atoms with E-state index in [1.165, 1.54) is 27.3 Å². The van der Waals surface area contributed by atoms with Gasteiger partial charge in [0.15, 0.2) is 0 Å². The zero-order valence-electron chi connectivity index (χ0n) is 12.3. The van der Waals surface area contributed by atoms with Crippen molar-refractivity contribution in [3.05, 3.63) is 0 Å². The molecule has 0 N–H and O–H groups in total. The Bertz CT molecular complexity index is 295. The largest absolute Gasteiger partial charge is 0.415 e. The van der Waals surface area contributed by atoms with Gasteiger partial charge in [-0.05, 0) is 25.2 Å². The van der Waals surface area contributed by atoms with Crippen molar-refractivity contribution in [1.29, 1.82) is 0 Å². The Morgan fingerprint density at radius 1 is 0.714 bits per heavy atom. The summed E-state index contributed by atoms with van der Waals surface area (Å²) in [6.07, 6.45) is -10.9. The van der Waals surface area contributed by atoms with Gasteiger partial charge in [-0.25, -0.2) is 0 Å². The van der Waals surface area contributed by atoms with Crippen LogP contribution in [0.5, 0.6) is 0 Å². The lowest BCUT2D eigenvalue weighted by atomic mass is 10.5. The maximum atomic E-state index is 12.3. The van der Waals surface area contributed by atoms with Crippen LogP contribution in [0.2, 0.25) is 25.2 Å². The molecule has 3 nitrogen and oxygen atoms in total. The summed E-state index contributed by atoms with van der Waals surface area (Å²) < 4.78 is 89.4. The Morgan fingerprint density at radius 2 is 1.00 bits per heavy atom. The predicted octanol–water partition coefficient (Wildman–Crippen LogP) is 4.34. The average molecular weight is 358 g/mol. The van der Waals surface area contributed by atoms with Gasteiger partial charge in [-0.3, -0.25) is 0 Å². The van der Waals surface area contributed by atoms with E-state index in [9.17, 15) is 26.3 Å². The molecule has 21 heavy (non-hydrogen) atoms. The predicted molar refractivity (Wildman–Crippen MR) is 69.3 cm³/mol. The molecule has 0 aliphatic rings. The van der Waals surface area contributed by atoms with Crippen LogP contribution < -0.4 is 0 Å². The number of halogens is 6. The van der Waals surface area contributed by atoms with Gasteiger partial charge in [0.25, 0.3) is 0 Å². The summed E-state index contributed by atoms with van der Waals surface area (Å²) in [6.45, 7) is 2.80. The van der Waals surface area contributed by atoms with E-state index in [1.54, 1.807) is 0 Å². The van der Waals surface area contributed by atoms with Crippen LogP contribution in [0.1, 0.15) is 12.8 Å². The molecule has 128 valence electrons. The van der Waals surface area contributed by atoms with Crippen molar-refractivity contribution in [3.63, 3.8) is 0 Å². The summed E-state index contributed by atoms with van der Waals surface area (Å²) in [5.74, 6) is 0. The van der Waals surface area contributed by atoms with E-state index in [2.05, 4.69) is 0 Å². The van der Waals surface area contributed by atoms with Gasteiger partial charge in [0.1, 0.15) is 0 Å². The molecule has 0 aliphatic heterocycles. The lowest BCUT2D eigenvalue weighted by Crippen LogP contribution is -2.51. The van der Waals surface area contributed by atoms with Crippen molar-refractivity contribution in [1.82, 2.24) is 0 Å². The van der Waals surface area contributed by atoms with Crippen LogP contribution in [0.25, 0.3) is 0 Å². The molecular formula is C10H20F6O3Si2. The Labute approximate surface area is 122 Å². The van der Waals surface area contributed by atoms with Gasteiger partial charge in [0.05, 0.1) is 0 Å². The highest BCUT2D eigenvalue weighted by atomic mass is 28.5. The fourth-order valence-corrected chi connectivity index (χ4v) is 8.60. The first-order valence-electron chi connectivity index (χ1n) is 6.18. The Hall–Kier alpha value is -0.106. The third-order valence-electron chi connectivity index (χ3n) is 3.02. The van der Waals surface area contributed by atoms with Crippen molar-refractivity contribution >= 4 is 17.1 Å². The topological polar surface area (TPSA) is 27.7 Å². The third-order valence-corrected chi connectivity index (χ3v) is 10.5. The van der Waals surface area contributed by atoms with Crippen LogP contribution in [0.4, 0.5) is 26.3 Å². The second-order valence-electron chi connectivity index (χ2n) is 5.01. The van der Waals surface area contributed by atoms with E-state index in [0.717, 1.165) is 0 Å². The average Bonchev–Trinajstić information content (AvgIpc) is 2.33. The summed E-state index contributed by atoms with van der Waals surface area (Å²) in [4.78, 5) is 0. The Kier molecular flexibility index (Phi) is 7.40. The van der Waals surface area contributed by atoms with Crippen molar-refractivity contribution < 1.29 is 39.3 Å². The second kappa shape index (κ2) is 7.44. The molecule has 0 saturated heterocycles. The van der Waals surface area contributed by atoms with Gasteiger partial charge in [-0.2, -0.15) is 26.3 Å². The lowest BCUT2D eigenvalue weighted by Gasteiger charge is -2.35. The monoisotopic (exact) mass is 358 g/mol. The SMILES string of the molecule is CO[Si](C)(CCC(F)(F)F)O[Si](C)(CCC(F)(F)F)OC. The van der Waals surface area contributed by atoms with Gasteiger partial charge in [-0.15, -0.1) is 0 Å². The van der Waals surface area contributed by atoms with Crippen LogP contribution in [0.15, 0.2) is 0 Å². The van der Waals surface area contributed by atoms with Gasteiger partial charge >= 0.3 is 29.5 Å².